The minimum absolute atomic E-state index is 0.235. The van der Waals surface area contributed by atoms with Gasteiger partial charge in [-0.15, -0.1) is 0 Å². The predicted molar refractivity (Wildman–Crippen MR) is 69.7 cm³/mol. The highest BCUT2D eigenvalue weighted by Crippen LogP contribution is 2.31. The van der Waals surface area contributed by atoms with Crippen LogP contribution in [0, 0.1) is 11.8 Å². The van der Waals surface area contributed by atoms with Gasteiger partial charge in [0.2, 0.25) is 5.91 Å². The number of carboxylic acid groups (broad SMARTS) is 1. The first-order valence-electron chi connectivity index (χ1n) is 6.69. The summed E-state index contributed by atoms with van der Waals surface area (Å²) in [6.07, 6.45) is 3.80. The molecule has 0 radical (unpaired) electrons. The Kier molecular flexibility index (Phi) is 4.19. The molecule has 6 nitrogen and oxygen atoms in total. The van der Waals surface area contributed by atoms with E-state index in [9.17, 15) is 9.59 Å². The van der Waals surface area contributed by atoms with E-state index < -0.39 is 17.8 Å². The summed E-state index contributed by atoms with van der Waals surface area (Å²) in [7, 11) is 0. The van der Waals surface area contributed by atoms with E-state index in [0.29, 0.717) is 18.7 Å². The summed E-state index contributed by atoms with van der Waals surface area (Å²) >= 11 is 0. The second-order valence-corrected chi connectivity index (χ2v) is 4.96. The molecule has 104 valence electrons. The molecule has 3 N–H and O–H groups in total. The van der Waals surface area contributed by atoms with E-state index in [1.165, 1.54) is 0 Å². The Labute approximate surface area is 111 Å². The van der Waals surface area contributed by atoms with Crippen LogP contribution in [0.3, 0.4) is 0 Å². The molecular weight excluding hydrogens is 246 g/mol. The first-order valence-corrected chi connectivity index (χ1v) is 6.69. The maximum atomic E-state index is 12.2. The van der Waals surface area contributed by atoms with Crippen LogP contribution in [0.1, 0.15) is 38.3 Å². The number of aliphatic carboxylic acids is 1. The van der Waals surface area contributed by atoms with Crippen LogP contribution in [0.5, 0.6) is 0 Å². The summed E-state index contributed by atoms with van der Waals surface area (Å²) in [4.78, 5) is 23.3. The molecular formula is C13H19N3O3. The van der Waals surface area contributed by atoms with E-state index in [2.05, 4.69) is 15.5 Å². The third-order valence-corrected chi connectivity index (χ3v) is 3.68. The molecule has 1 aromatic heterocycles. The molecule has 2 rings (SSSR count). The maximum Gasteiger partial charge on any atom is 0.307 e. The number of nitrogens with zero attached hydrogens (tertiary/aromatic N) is 1. The number of nitrogens with one attached hydrogen (secondary N) is 2. The summed E-state index contributed by atoms with van der Waals surface area (Å²) in [6, 6.07) is 1.77. The zero-order chi connectivity index (χ0) is 13.8. The summed E-state index contributed by atoms with van der Waals surface area (Å²) < 4.78 is 0. The number of aromatic amines is 1. The Bertz CT molecular complexity index is 469. The molecule has 1 aliphatic rings. The number of hydrogen-bond acceptors (Lipinski definition) is 3. The van der Waals surface area contributed by atoms with Gasteiger partial charge in [0.1, 0.15) is 0 Å². The number of carbonyl (C=O) groups excluding carboxylic acids is 1. The van der Waals surface area contributed by atoms with Gasteiger partial charge in [-0.1, -0.05) is 19.8 Å². The van der Waals surface area contributed by atoms with Crippen LogP contribution in [0.15, 0.2) is 6.07 Å². The fourth-order valence-corrected chi connectivity index (χ4v) is 2.57. The first-order chi connectivity index (χ1) is 9.11. The van der Waals surface area contributed by atoms with Crippen molar-refractivity contribution in [2.45, 2.75) is 39.0 Å². The van der Waals surface area contributed by atoms with Crippen molar-refractivity contribution in [3.8, 4) is 0 Å². The molecule has 0 aliphatic heterocycles. The number of rotatable bonds is 4. The van der Waals surface area contributed by atoms with Crippen LogP contribution in [0.4, 0.5) is 5.82 Å². The highest BCUT2D eigenvalue weighted by Gasteiger charge is 2.35. The molecule has 1 fully saturated rings. The Hall–Kier alpha value is -1.85. The number of anilines is 1. The fraction of sp³-hybridized carbons (Fsp3) is 0.615. The monoisotopic (exact) mass is 265 g/mol. The number of H-pyrrole nitrogens is 1. The summed E-state index contributed by atoms with van der Waals surface area (Å²) in [5, 5.41) is 18.7. The second-order valence-electron chi connectivity index (χ2n) is 4.96. The molecule has 2 unspecified atom stereocenters. The lowest BCUT2D eigenvalue weighted by Crippen LogP contribution is -2.36. The molecule has 1 aliphatic carbocycles. The summed E-state index contributed by atoms with van der Waals surface area (Å²) in [5.74, 6) is -1.67. The van der Waals surface area contributed by atoms with Crippen LogP contribution in [0.25, 0.3) is 0 Å². The van der Waals surface area contributed by atoms with Gasteiger partial charge in [-0.25, -0.2) is 0 Å². The van der Waals surface area contributed by atoms with Crippen molar-refractivity contribution in [1.82, 2.24) is 10.2 Å². The number of carboxylic acids is 1. The van der Waals surface area contributed by atoms with Crippen LogP contribution in [-0.2, 0) is 16.0 Å². The highest BCUT2D eigenvalue weighted by atomic mass is 16.4. The Morgan fingerprint density at radius 3 is 2.68 bits per heavy atom. The van der Waals surface area contributed by atoms with Gasteiger partial charge in [-0.05, 0) is 19.3 Å². The van der Waals surface area contributed by atoms with Crippen molar-refractivity contribution in [1.29, 1.82) is 0 Å². The molecule has 0 aromatic carbocycles. The van der Waals surface area contributed by atoms with Crippen molar-refractivity contribution in [3.05, 3.63) is 11.8 Å². The van der Waals surface area contributed by atoms with E-state index in [4.69, 9.17) is 5.11 Å². The topological polar surface area (TPSA) is 95.1 Å². The maximum absolute atomic E-state index is 12.2. The van der Waals surface area contributed by atoms with E-state index in [1.807, 2.05) is 6.92 Å². The van der Waals surface area contributed by atoms with Gasteiger partial charge in [0.05, 0.1) is 11.8 Å². The minimum atomic E-state index is -0.879. The van der Waals surface area contributed by atoms with Crippen molar-refractivity contribution in [2.75, 3.05) is 5.32 Å². The fourth-order valence-electron chi connectivity index (χ4n) is 2.57. The largest absolute Gasteiger partial charge is 0.481 e. The number of aromatic nitrogens is 2. The molecule has 19 heavy (non-hydrogen) atoms. The molecule has 6 heteroatoms. The molecule has 1 saturated carbocycles. The van der Waals surface area contributed by atoms with Gasteiger partial charge >= 0.3 is 5.97 Å². The average molecular weight is 265 g/mol. The summed E-state index contributed by atoms with van der Waals surface area (Å²) in [6.45, 7) is 1.99. The van der Waals surface area contributed by atoms with Gasteiger partial charge in [0.15, 0.2) is 5.82 Å². The lowest BCUT2D eigenvalue weighted by molar-refractivity contribution is -0.147. The van der Waals surface area contributed by atoms with Crippen molar-refractivity contribution < 1.29 is 14.7 Å². The number of carbonyl (C=O) groups is 2. The number of aryl methyl sites for hydroxylation is 1. The van der Waals surface area contributed by atoms with E-state index in [-0.39, 0.29) is 5.91 Å². The van der Waals surface area contributed by atoms with Crippen LogP contribution in [-0.4, -0.2) is 27.2 Å². The molecule has 2 atom stereocenters. The third kappa shape index (κ3) is 3.13. The zero-order valence-corrected chi connectivity index (χ0v) is 11.0. The SMILES string of the molecule is CCc1cc(NC(=O)C2CCCCC2C(=O)O)n[nH]1. The lowest BCUT2D eigenvalue weighted by Gasteiger charge is -2.27. The van der Waals surface area contributed by atoms with Gasteiger partial charge < -0.3 is 10.4 Å². The average Bonchev–Trinajstić information content (AvgIpc) is 2.86. The van der Waals surface area contributed by atoms with Crippen molar-refractivity contribution >= 4 is 17.7 Å². The molecule has 0 bridgehead atoms. The Morgan fingerprint density at radius 2 is 2.11 bits per heavy atom. The summed E-state index contributed by atoms with van der Waals surface area (Å²) in [5.41, 5.74) is 0.939. The van der Waals surface area contributed by atoms with Crippen molar-refractivity contribution in [3.63, 3.8) is 0 Å². The molecule has 0 saturated heterocycles. The molecule has 1 aromatic rings. The third-order valence-electron chi connectivity index (χ3n) is 3.68. The van der Waals surface area contributed by atoms with E-state index in [1.54, 1.807) is 6.07 Å². The Morgan fingerprint density at radius 1 is 1.42 bits per heavy atom. The first kappa shape index (κ1) is 13.6. The van der Waals surface area contributed by atoms with Gasteiger partial charge in [0.25, 0.3) is 0 Å². The molecule has 1 amide bonds. The van der Waals surface area contributed by atoms with Crippen LogP contribution in [0.2, 0.25) is 0 Å². The Balaban J connectivity index is 2.03. The molecule has 0 spiro atoms. The van der Waals surface area contributed by atoms with Crippen LogP contribution < -0.4 is 5.32 Å². The van der Waals surface area contributed by atoms with Gasteiger partial charge in [-0.3, -0.25) is 14.7 Å². The zero-order valence-electron chi connectivity index (χ0n) is 11.0. The van der Waals surface area contributed by atoms with E-state index >= 15 is 0 Å². The van der Waals surface area contributed by atoms with Gasteiger partial charge in [0, 0.05) is 11.8 Å². The predicted octanol–water partition coefficient (Wildman–Crippen LogP) is 1.80. The number of amides is 1. The lowest BCUT2D eigenvalue weighted by atomic mass is 9.79. The normalized spacial score (nSPS) is 23.0. The number of hydrogen-bond donors (Lipinski definition) is 3. The van der Waals surface area contributed by atoms with Gasteiger partial charge in [-0.2, -0.15) is 5.10 Å². The minimum Gasteiger partial charge on any atom is -0.481 e. The quantitative estimate of drug-likeness (QED) is 0.773. The van der Waals surface area contributed by atoms with Crippen LogP contribution >= 0.6 is 0 Å². The second kappa shape index (κ2) is 5.86. The standard InChI is InChI=1S/C13H19N3O3/c1-2-8-7-11(16-15-8)14-12(17)9-5-3-4-6-10(9)13(18)19/h7,9-10H,2-6H2,1H3,(H,18,19)(H2,14,15,16,17). The van der Waals surface area contributed by atoms with E-state index in [0.717, 1.165) is 25.0 Å². The highest BCUT2D eigenvalue weighted by molar-refractivity contribution is 5.94. The smallest absolute Gasteiger partial charge is 0.307 e. The molecule has 1 heterocycles. The van der Waals surface area contributed by atoms with Crippen molar-refractivity contribution in [2.24, 2.45) is 11.8 Å².